The molecule has 19 heavy (non-hydrogen) atoms. The molecule has 1 aliphatic rings. The van der Waals surface area contributed by atoms with Gasteiger partial charge >= 0.3 is 0 Å². The predicted octanol–water partition coefficient (Wildman–Crippen LogP) is 4.35. The van der Waals surface area contributed by atoms with Crippen molar-refractivity contribution in [2.24, 2.45) is 5.92 Å². The summed E-state index contributed by atoms with van der Waals surface area (Å²) < 4.78 is 5.91. The molecule has 0 radical (unpaired) electrons. The molecule has 1 heterocycles. The van der Waals surface area contributed by atoms with Crippen molar-refractivity contribution in [1.82, 2.24) is 9.97 Å². The SMILES string of the molecule is CCCc1nc(Cl)c(C)c(OCC2CCCCC2)n1. The van der Waals surface area contributed by atoms with Gasteiger partial charge in [-0.15, -0.1) is 0 Å². The Bertz CT molecular complexity index is 417. The van der Waals surface area contributed by atoms with Crippen LogP contribution in [-0.4, -0.2) is 16.6 Å². The minimum absolute atomic E-state index is 0.525. The van der Waals surface area contributed by atoms with Gasteiger partial charge in [0.1, 0.15) is 11.0 Å². The van der Waals surface area contributed by atoms with Gasteiger partial charge in [0, 0.05) is 12.0 Å². The molecule has 0 unspecified atom stereocenters. The minimum atomic E-state index is 0.525. The van der Waals surface area contributed by atoms with Gasteiger partial charge in [-0.25, -0.2) is 4.98 Å². The highest BCUT2D eigenvalue weighted by Gasteiger charge is 2.16. The molecule has 0 spiro atoms. The Balaban J connectivity index is 2.01. The number of hydrogen-bond donors (Lipinski definition) is 0. The first-order chi connectivity index (χ1) is 9.20. The third-order valence-electron chi connectivity index (χ3n) is 3.74. The van der Waals surface area contributed by atoms with Crippen LogP contribution in [0.3, 0.4) is 0 Å². The van der Waals surface area contributed by atoms with E-state index in [2.05, 4.69) is 16.9 Å². The van der Waals surface area contributed by atoms with Crippen LogP contribution in [-0.2, 0) is 6.42 Å². The van der Waals surface area contributed by atoms with Crippen molar-refractivity contribution < 1.29 is 4.74 Å². The molecular weight excluding hydrogens is 260 g/mol. The first-order valence-corrected chi connectivity index (χ1v) is 7.74. The third kappa shape index (κ3) is 4.07. The average Bonchev–Trinajstić information content (AvgIpc) is 2.42. The smallest absolute Gasteiger partial charge is 0.221 e. The van der Waals surface area contributed by atoms with Crippen molar-refractivity contribution in [1.29, 1.82) is 0 Å². The fraction of sp³-hybridized carbons (Fsp3) is 0.733. The van der Waals surface area contributed by atoms with Gasteiger partial charge in [-0.1, -0.05) is 37.8 Å². The lowest BCUT2D eigenvalue weighted by molar-refractivity contribution is 0.201. The van der Waals surface area contributed by atoms with Gasteiger partial charge in [0.15, 0.2) is 0 Å². The van der Waals surface area contributed by atoms with Gasteiger partial charge < -0.3 is 4.74 Å². The molecule has 0 N–H and O–H groups in total. The zero-order valence-electron chi connectivity index (χ0n) is 11.9. The van der Waals surface area contributed by atoms with Crippen LogP contribution in [0.2, 0.25) is 5.15 Å². The standard InChI is InChI=1S/C15H23ClN2O/c1-3-7-13-17-14(16)11(2)15(18-13)19-10-12-8-5-4-6-9-12/h12H,3-10H2,1-2H3. The Labute approximate surface area is 120 Å². The summed E-state index contributed by atoms with van der Waals surface area (Å²) in [4.78, 5) is 8.78. The molecule has 1 fully saturated rings. The molecule has 0 amide bonds. The predicted molar refractivity (Wildman–Crippen MR) is 77.8 cm³/mol. The Hall–Kier alpha value is -0.830. The molecule has 0 aromatic carbocycles. The van der Waals surface area contributed by atoms with Crippen molar-refractivity contribution in [3.05, 3.63) is 16.5 Å². The highest BCUT2D eigenvalue weighted by atomic mass is 35.5. The van der Waals surface area contributed by atoms with Crippen molar-refractivity contribution in [2.45, 2.75) is 58.8 Å². The third-order valence-corrected chi connectivity index (χ3v) is 4.11. The Morgan fingerprint density at radius 1 is 1.21 bits per heavy atom. The van der Waals surface area contributed by atoms with Crippen LogP contribution in [0.5, 0.6) is 5.88 Å². The topological polar surface area (TPSA) is 35.0 Å². The number of hydrogen-bond acceptors (Lipinski definition) is 3. The lowest BCUT2D eigenvalue weighted by Gasteiger charge is -2.22. The molecule has 1 aromatic heterocycles. The molecule has 4 heteroatoms. The van der Waals surface area contributed by atoms with Crippen LogP contribution in [0, 0.1) is 12.8 Å². The van der Waals surface area contributed by atoms with E-state index in [4.69, 9.17) is 16.3 Å². The molecular formula is C15H23ClN2O. The van der Waals surface area contributed by atoms with Crippen molar-refractivity contribution in [3.63, 3.8) is 0 Å². The molecule has 106 valence electrons. The molecule has 0 atom stereocenters. The highest BCUT2D eigenvalue weighted by Crippen LogP contribution is 2.26. The van der Waals surface area contributed by atoms with Gasteiger partial charge in [0.05, 0.1) is 6.61 Å². The van der Waals surface area contributed by atoms with Gasteiger partial charge in [-0.2, -0.15) is 4.98 Å². The van der Waals surface area contributed by atoms with Crippen LogP contribution in [0.4, 0.5) is 0 Å². The maximum atomic E-state index is 6.15. The minimum Gasteiger partial charge on any atom is -0.477 e. The summed E-state index contributed by atoms with van der Waals surface area (Å²) in [6, 6.07) is 0. The molecule has 3 nitrogen and oxygen atoms in total. The summed E-state index contributed by atoms with van der Waals surface area (Å²) in [5.74, 6) is 2.14. The lowest BCUT2D eigenvalue weighted by Crippen LogP contribution is -2.16. The second kappa shape index (κ2) is 7.09. The Morgan fingerprint density at radius 3 is 2.63 bits per heavy atom. The van der Waals surface area contributed by atoms with Gasteiger partial charge in [-0.05, 0) is 32.1 Å². The van der Waals surface area contributed by atoms with Crippen LogP contribution < -0.4 is 4.74 Å². The Kier molecular flexibility index (Phi) is 5.44. The number of aromatic nitrogens is 2. The summed E-state index contributed by atoms with van der Waals surface area (Å²) in [7, 11) is 0. The van der Waals surface area contributed by atoms with E-state index in [0.717, 1.165) is 30.8 Å². The molecule has 1 aromatic rings. The largest absolute Gasteiger partial charge is 0.477 e. The van der Waals surface area contributed by atoms with Crippen LogP contribution in [0.15, 0.2) is 0 Å². The Morgan fingerprint density at radius 2 is 1.95 bits per heavy atom. The van der Waals surface area contributed by atoms with Crippen LogP contribution in [0.1, 0.15) is 56.8 Å². The maximum absolute atomic E-state index is 6.15. The fourth-order valence-electron chi connectivity index (χ4n) is 2.54. The van der Waals surface area contributed by atoms with Gasteiger partial charge in [0.25, 0.3) is 0 Å². The molecule has 1 saturated carbocycles. The molecule has 1 aliphatic carbocycles. The summed E-state index contributed by atoms with van der Waals surface area (Å²) in [6.45, 7) is 4.80. The number of halogens is 1. The normalized spacial score (nSPS) is 16.6. The van der Waals surface area contributed by atoms with E-state index >= 15 is 0 Å². The monoisotopic (exact) mass is 282 g/mol. The number of rotatable bonds is 5. The van der Waals surface area contributed by atoms with E-state index < -0.39 is 0 Å². The summed E-state index contributed by atoms with van der Waals surface area (Å²) in [5, 5.41) is 0.525. The average molecular weight is 283 g/mol. The van der Waals surface area contributed by atoms with E-state index in [0.29, 0.717) is 17.0 Å². The fourth-order valence-corrected chi connectivity index (χ4v) is 2.72. The van der Waals surface area contributed by atoms with Crippen LogP contribution >= 0.6 is 11.6 Å². The van der Waals surface area contributed by atoms with Crippen molar-refractivity contribution in [3.8, 4) is 5.88 Å². The van der Waals surface area contributed by atoms with Crippen LogP contribution in [0.25, 0.3) is 0 Å². The summed E-state index contributed by atoms with van der Waals surface area (Å²) >= 11 is 6.15. The second-order valence-corrected chi connectivity index (χ2v) is 5.78. The number of nitrogens with zero attached hydrogens (tertiary/aromatic N) is 2. The summed E-state index contributed by atoms with van der Waals surface area (Å²) in [5.41, 5.74) is 0.859. The first kappa shape index (κ1) is 14.6. The van der Waals surface area contributed by atoms with E-state index in [1.54, 1.807) is 0 Å². The molecule has 0 aliphatic heterocycles. The maximum Gasteiger partial charge on any atom is 0.221 e. The second-order valence-electron chi connectivity index (χ2n) is 5.43. The van der Waals surface area contributed by atoms with E-state index in [1.165, 1.54) is 32.1 Å². The van der Waals surface area contributed by atoms with Crippen molar-refractivity contribution in [2.75, 3.05) is 6.61 Å². The number of aryl methyl sites for hydroxylation is 1. The zero-order chi connectivity index (χ0) is 13.7. The molecule has 0 bridgehead atoms. The quantitative estimate of drug-likeness (QED) is 0.753. The summed E-state index contributed by atoms with van der Waals surface area (Å²) in [6.07, 6.45) is 8.45. The van der Waals surface area contributed by atoms with Crippen molar-refractivity contribution >= 4 is 11.6 Å². The van der Waals surface area contributed by atoms with Gasteiger partial charge in [-0.3, -0.25) is 0 Å². The van der Waals surface area contributed by atoms with E-state index in [1.807, 2.05) is 6.92 Å². The number of ether oxygens (including phenoxy) is 1. The highest BCUT2D eigenvalue weighted by molar-refractivity contribution is 6.30. The zero-order valence-corrected chi connectivity index (χ0v) is 12.7. The molecule has 2 rings (SSSR count). The van der Waals surface area contributed by atoms with Gasteiger partial charge in [0.2, 0.25) is 5.88 Å². The van der Waals surface area contributed by atoms with E-state index in [9.17, 15) is 0 Å². The molecule has 0 saturated heterocycles. The first-order valence-electron chi connectivity index (χ1n) is 7.36. The lowest BCUT2D eigenvalue weighted by atomic mass is 9.90. The van der Waals surface area contributed by atoms with E-state index in [-0.39, 0.29) is 0 Å².